The van der Waals surface area contributed by atoms with Gasteiger partial charge < -0.3 is 15.5 Å². The molecule has 0 bridgehead atoms. The van der Waals surface area contributed by atoms with E-state index in [4.69, 9.17) is 5.73 Å². The maximum absolute atomic E-state index is 5.98. The molecule has 2 N–H and O–H groups in total. The predicted octanol–water partition coefficient (Wildman–Crippen LogP) is 0.623. The molecule has 1 atom stereocenters. The molecule has 1 unspecified atom stereocenters. The van der Waals surface area contributed by atoms with Crippen LogP contribution in [0.2, 0.25) is 0 Å². The van der Waals surface area contributed by atoms with Crippen LogP contribution in [-0.4, -0.2) is 54.5 Å². The number of hydrogen-bond donors (Lipinski definition) is 1. The van der Waals surface area contributed by atoms with Crippen LogP contribution in [0.25, 0.3) is 0 Å². The summed E-state index contributed by atoms with van der Waals surface area (Å²) in [6.07, 6.45) is 3.75. The zero-order valence-corrected chi connectivity index (χ0v) is 11.3. The van der Waals surface area contributed by atoms with Crippen molar-refractivity contribution in [2.45, 2.75) is 13.0 Å². The number of nitrogens with zero attached hydrogens (tertiary/aromatic N) is 4. The van der Waals surface area contributed by atoms with E-state index in [0.29, 0.717) is 5.96 Å². The summed E-state index contributed by atoms with van der Waals surface area (Å²) in [7, 11) is 4.13. The standard InChI is InChI=1S/C13H21N5/c1-10-4-5-15-8-11(10)12-9-16-13(14)18(12)7-6-17(2)3/h4-5,8,12H,6-7,9H2,1-3H3,(H2,14,16). The molecule has 0 aliphatic carbocycles. The quantitative estimate of drug-likeness (QED) is 0.847. The molecule has 1 aliphatic rings. The molecule has 1 aromatic rings. The third kappa shape index (κ3) is 2.61. The van der Waals surface area contributed by atoms with Crippen LogP contribution in [0.5, 0.6) is 0 Å². The number of likely N-dealkylation sites (N-methyl/N-ethyl adjacent to an activating group) is 1. The van der Waals surface area contributed by atoms with Crippen LogP contribution in [0.4, 0.5) is 0 Å². The van der Waals surface area contributed by atoms with Crippen LogP contribution in [0.1, 0.15) is 17.2 Å². The lowest BCUT2D eigenvalue weighted by molar-refractivity contribution is 0.292. The van der Waals surface area contributed by atoms with Gasteiger partial charge in [0.05, 0.1) is 12.6 Å². The minimum Gasteiger partial charge on any atom is -0.370 e. The number of pyridine rings is 1. The maximum Gasteiger partial charge on any atom is 0.191 e. The smallest absolute Gasteiger partial charge is 0.191 e. The van der Waals surface area contributed by atoms with Gasteiger partial charge in [-0.2, -0.15) is 0 Å². The number of guanidine groups is 1. The molecule has 5 heteroatoms. The number of hydrogen-bond acceptors (Lipinski definition) is 5. The fourth-order valence-corrected chi connectivity index (χ4v) is 2.20. The summed E-state index contributed by atoms with van der Waals surface area (Å²) in [5, 5.41) is 0. The van der Waals surface area contributed by atoms with Gasteiger partial charge in [0.25, 0.3) is 0 Å². The van der Waals surface area contributed by atoms with Crippen LogP contribution < -0.4 is 5.73 Å². The highest BCUT2D eigenvalue weighted by atomic mass is 15.3. The van der Waals surface area contributed by atoms with Crippen molar-refractivity contribution in [3.05, 3.63) is 29.6 Å². The highest BCUT2D eigenvalue weighted by Crippen LogP contribution is 2.26. The van der Waals surface area contributed by atoms with Gasteiger partial charge in [-0.15, -0.1) is 0 Å². The lowest BCUT2D eigenvalue weighted by atomic mass is 10.0. The van der Waals surface area contributed by atoms with Crippen molar-refractivity contribution in [2.75, 3.05) is 33.7 Å². The average molecular weight is 247 g/mol. The van der Waals surface area contributed by atoms with Crippen molar-refractivity contribution in [2.24, 2.45) is 10.7 Å². The van der Waals surface area contributed by atoms with Crippen LogP contribution in [0.3, 0.4) is 0 Å². The van der Waals surface area contributed by atoms with E-state index in [0.717, 1.165) is 19.6 Å². The molecule has 2 heterocycles. The first-order valence-corrected chi connectivity index (χ1v) is 6.21. The van der Waals surface area contributed by atoms with E-state index < -0.39 is 0 Å². The van der Waals surface area contributed by atoms with E-state index >= 15 is 0 Å². The zero-order valence-electron chi connectivity index (χ0n) is 11.3. The minimum atomic E-state index is 0.235. The monoisotopic (exact) mass is 247 g/mol. The molecule has 2 rings (SSSR count). The molecular weight excluding hydrogens is 226 g/mol. The van der Waals surface area contributed by atoms with E-state index in [1.807, 2.05) is 18.5 Å². The van der Waals surface area contributed by atoms with Crippen LogP contribution in [0.15, 0.2) is 23.5 Å². The van der Waals surface area contributed by atoms with E-state index in [-0.39, 0.29) is 6.04 Å². The third-order valence-corrected chi connectivity index (χ3v) is 3.32. The molecule has 0 aromatic carbocycles. The Balaban J connectivity index is 2.15. The Morgan fingerprint density at radius 1 is 1.50 bits per heavy atom. The first-order chi connectivity index (χ1) is 8.59. The second-order valence-electron chi connectivity index (χ2n) is 4.94. The highest BCUT2D eigenvalue weighted by molar-refractivity contribution is 5.80. The van der Waals surface area contributed by atoms with Gasteiger partial charge in [-0.3, -0.25) is 9.98 Å². The number of aryl methyl sites for hydroxylation is 1. The van der Waals surface area contributed by atoms with Crippen molar-refractivity contribution in [3.63, 3.8) is 0 Å². The predicted molar refractivity (Wildman–Crippen MR) is 73.5 cm³/mol. The van der Waals surface area contributed by atoms with Crippen molar-refractivity contribution < 1.29 is 0 Å². The molecule has 18 heavy (non-hydrogen) atoms. The minimum absolute atomic E-state index is 0.235. The Morgan fingerprint density at radius 2 is 2.28 bits per heavy atom. The maximum atomic E-state index is 5.98. The molecule has 1 aliphatic heterocycles. The third-order valence-electron chi connectivity index (χ3n) is 3.32. The highest BCUT2D eigenvalue weighted by Gasteiger charge is 2.28. The second-order valence-corrected chi connectivity index (χ2v) is 4.94. The fourth-order valence-electron chi connectivity index (χ4n) is 2.20. The van der Waals surface area contributed by atoms with Crippen molar-refractivity contribution >= 4 is 5.96 Å². The zero-order chi connectivity index (χ0) is 13.1. The van der Waals surface area contributed by atoms with Crippen LogP contribution >= 0.6 is 0 Å². The molecule has 0 amide bonds. The number of aromatic nitrogens is 1. The summed E-state index contributed by atoms with van der Waals surface area (Å²) < 4.78 is 0. The van der Waals surface area contributed by atoms with E-state index in [2.05, 4.69) is 40.8 Å². The van der Waals surface area contributed by atoms with Gasteiger partial charge in [0.15, 0.2) is 5.96 Å². The first-order valence-electron chi connectivity index (χ1n) is 6.21. The molecule has 0 fully saturated rings. The SMILES string of the molecule is Cc1ccncc1C1CN=C(N)N1CCN(C)C. The van der Waals surface area contributed by atoms with Crippen molar-refractivity contribution in [1.29, 1.82) is 0 Å². The second kappa shape index (κ2) is 5.35. The van der Waals surface area contributed by atoms with E-state index in [1.165, 1.54) is 11.1 Å². The fraction of sp³-hybridized carbons (Fsp3) is 0.538. The Hall–Kier alpha value is -1.62. The summed E-state index contributed by atoms with van der Waals surface area (Å²) in [5.74, 6) is 0.644. The first kappa shape index (κ1) is 12.8. The molecule has 0 saturated carbocycles. The van der Waals surface area contributed by atoms with Crippen molar-refractivity contribution in [3.8, 4) is 0 Å². The average Bonchev–Trinajstić information content (AvgIpc) is 2.68. The largest absolute Gasteiger partial charge is 0.370 e. The molecule has 98 valence electrons. The summed E-state index contributed by atoms with van der Waals surface area (Å²) >= 11 is 0. The summed E-state index contributed by atoms with van der Waals surface area (Å²) in [6.45, 7) is 4.69. The Labute approximate surface area is 108 Å². The van der Waals surface area contributed by atoms with Gasteiger partial charge in [-0.05, 0) is 38.2 Å². The Kier molecular flexibility index (Phi) is 3.81. The van der Waals surface area contributed by atoms with E-state index in [9.17, 15) is 0 Å². The number of aliphatic imine (C=N–C) groups is 1. The Morgan fingerprint density at radius 3 is 2.94 bits per heavy atom. The van der Waals surface area contributed by atoms with Gasteiger partial charge in [0.2, 0.25) is 0 Å². The van der Waals surface area contributed by atoms with Gasteiger partial charge in [-0.25, -0.2) is 0 Å². The summed E-state index contributed by atoms with van der Waals surface area (Å²) in [4.78, 5) is 12.9. The molecular formula is C13H21N5. The van der Waals surface area contributed by atoms with Gasteiger partial charge in [-0.1, -0.05) is 0 Å². The Bertz CT molecular complexity index is 441. The molecule has 1 aromatic heterocycles. The number of nitrogens with two attached hydrogens (primary N) is 1. The summed E-state index contributed by atoms with van der Waals surface area (Å²) in [6, 6.07) is 2.27. The number of rotatable bonds is 4. The summed E-state index contributed by atoms with van der Waals surface area (Å²) in [5.41, 5.74) is 8.45. The van der Waals surface area contributed by atoms with Gasteiger partial charge in [0.1, 0.15) is 0 Å². The molecule has 0 saturated heterocycles. The lowest BCUT2D eigenvalue weighted by Gasteiger charge is -2.28. The lowest BCUT2D eigenvalue weighted by Crippen LogP contribution is -2.40. The molecule has 0 radical (unpaired) electrons. The molecule has 5 nitrogen and oxygen atoms in total. The topological polar surface area (TPSA) is 57.8 Å². The molecule has 0 spiro atoms. The van der Waals surface area contributed by atoms with E-state index in [1.54, 1.807) is 0 Å². The van der Waals surface area contributed by atoms with Crippen LogP contribution in [0, 0.1) is 6.92 Å². The van der Waals surface area contributed by atoms with Crippen molar-refractivity contribution in [1.82, 2.24) is 14.8 Å². The van der Waals surface area contributed by atoms with Crippen LogP contribution in [-0.2, 0) is 0 Å². The van der Waals surface area contributed by atoms with Gasteiger partial charge >= 0.3 is 0 Å². The van der Waals surface area contributed by atoms with Gasteiger partial charge in [0, 0.05) is 25.5 Å². The normalized spacial score (nSPS) is 19.4.